The molecular formula is C8H18FN. The van der Waals surface area contributed by atoms with Gasteiger partial charge in [0.2, 0.25) is 0 Å². The fraction of sp³-hybridized carbons (Fsp3) is 1.00. The fourth-order valence-electron chi connectivity index (χ4n) is 1.26. The summed E-state index contributed by atoms with van der Waals surface area (Å²) in [5.41, 5.74) is 0. The highest BCUT2D eigenvalue weighted by atomic mass is 19.1. The van der Waals surface area contributed by atoms with Crippen LogP contribution in [-0.4, -0.2) is 31.2 Å². The van der Waals surface area contributed by atoms with Gasteiger partial charge in [0.15, 0.2) is 0 Å². The van der Waals surface area contributed by atoms with Crippen LogP contribution in [0, 0.1) is 0 Å². The average molecular weight is 147 g/mol. The van der Waals surface area contributed by atoms with Crippen LogP contribution in [0.15, 0.2) is 0 Å². The number of nitrogens with zero attached hydrogens (tertiary/aromatic N) is 1. The average Bonchev–Trinajstić information content (AvgIpc) is 2.42. The van der Waals surface area contributed by atoms with Crippen molar-refractivity contribution in [3.63, 3.8) is 0 Å². The summed E-state index contributed by atoms with van der Waals surface area (Å²) in [5, 5.41) is 0. The van der Waals surface area contributed by atoms with Gasteiger partial charge >= 0.3 is 0 Å². The van der Waals surface area contributed by atoms with Gasteiger partial charge in [-0.05, 0) is 39.8 Å². The Bertz CT molecular complexity index is 67.7. The van der Waals surface area contributed by atoms with Crippen LogP contribution < -0.4 is 0 Å². The molecule has 1 fully saturated rings. The topological polar surface area (TPSA) is 3.24 Å². The van der Waals surface area contributed by atoms with E-state index in [9.17, 15) is 4.39 Å². The zero-order valence-corrected chi connectivity index (χ0v) is 7.23. The minimum atomic E-state index is 0.500. The summed E-state index contributed by atoms with van der Waals surface area (Å²) < 4.78 is 9.50. The third-order valence-electron chi connectivity index (χ3n) is 1.87. The van der Waals surface area contributed by atoms with Crippen molar-refractivity contribution in [1.29, 1.82) is 0 Å². The lowest BCUT2D eigenvalue weighted by Crippen LogP contribution is -2.26. The maximum absolute atomic E-state index is 9.50. The Hall–Kier alpha value is -0.110. The Balaban J connectivity index is 0.000000371. The molecule has 0 amide bonds. The number of alkyl halides is 1. The van der Waals surface area contributed by atoms with E-state index in [1.165, 1.54) is 25.9 Å². The second kappa shape index (κ2) is 5.66. The van der Waals surface area contributed by atoms with Crippen LogP contribution in [0.2, 0.25) is 0 Å². The Labute approximate surface area is 63.2 Å². The van der Waals surface area contributed by atoms with Crippen molar-refractivity contribution >= 4 is 0 Å². The normalized spacial score (nSPS) is 18.9. The molecule has 0 aliphatic carbocycles. The first-order chi connectivity index (χ1) is 4.80. The molecule has 0 atom stereocenters. The van der Waals surface area contributed by atoms with E-state index < -0.39 is 0 Å². The molecule has 1 aliphatic rings. The van der Waals surface area contributed by atoms with Gasteiger partial charge in [0, 0.05) is 6.04 Å². The molecule has 1 heterocycles. The van der Waals surface area contributed by atoms with Crippen LogP contribution in [0.5, 0.6) is 0 Å². The molecule has 1 nitrogen and oxygen atoms in total. The van der Waals surface area contributed by atoms with Crippen LogP contribution in [-0.2, 0) is 0 Å². The van der Waals surface area contributed by atoms with Crippen molar-refractivity contribution in [2.45, 2.75) is 32.7 Å². The summed E-state index contributed by atoms with van der Waals surface area (Å²) in [7, 11) is 0.500. The standard InChI is InChI=1S/C7H15N.CH3F/c1-7(2)8-5-3-4-6-8;1-2/h7H,3-6H2,1-2H3;1H3. The molecule has 0 N–H and O–H groups in total. The monoisotopic (exact) mass is 147 g/mol. The molecular weight excluding hydrogens is 129 g/mol. The van der Waals surface area contributed by atoms with E-state index in [-0.39, 0.29) is 0 Å². The number of likely N-dealkylation sites (tertiary alicyclic amines) is 1. The first-order valence-electron chi connectivity index (χ1n) is 3.92. The summed E-state index contributed by atoms with van der Waals surface area (Å²) in [4.78, 5) is 2.53. The van der Waals surface area contributed by atoms with Crippen LogP contribution >= 0.6 is 0 Å². The first-order valence-corrected chi connectivity index (χ1v) is 3.92. The van der Waals surface area contributed by atoms with Crippen molar-refractivity contribution in [3.05, 3.63) is 0 Å². The molecule has 1 aliphatic heterocycles. The molecule has 0 aromatic heterocycles. The molecule has 10 heavy (non-hydrogen) atoms. The van der Waals surface area contributed by atoms with Gasteiger partial charge in [-0.2, -0.15) is 0 Å². The molecule has 0 radical (unpaired) electrons. The summed E-state index contributed by atoms with van der Waals surface area (Å²) in [6.07, 6.45) is 2.83. The second-order valence-corrected chi connectivity index (χ2v) is 2.84. The SMILES string of the molecule is CC(C)N1CCCC1.CF. The van der Waals surface area contributed by atoms with E-state index in [4.69, 9.17) is 0 Å². The zero-order valence-electron chi connectivity index (χ0n) is 7.23. The largest absolute Gasteiger partial charge is 0.301 e. The fourth-order valence-corrected chi connectivity index (χ4v) is 1.26. The molecule has 2 heteroatoms. The van der Waals surface area contributed by atoms with E-state index >= 15 is 0 Å². The van der Waals surface area contributed by atoms with E-state index in [2.05, 4.69) is 18.7 Å². The lowest BCUT2D eigenvalue weighted by molar-refractivity contribution is 0.276. The first kappa shape index (κ1) is 9.89. The molecule has 0 aromatic carbocycles. The van der Waals surface area contributed by atoms with E-state index in [1.807, 2.05) is 0 Å². The quantitative estimate of drug-likeness (QED) is 0.549. The Morgan fingerprint density at radius 2 is 1.50 bits per heavy atom. The predicted molar refractivity (Wildman–Crippen MR) is 43.0 cm³/mol. The molecule has 0 saturated carbocycles. The third kappa shape index (κ3) is 3.16. The maximum atomic E-state index is 9.50. The van der Waals surface area contributed by atoms with Gasteiger partial charge in [0.05, 0.1) is 7.18 Å². The van der Waals surface area contributed by atoms with Crippen molar-refractivity contribution < 1.29 is 4.39 Å². The molecule has 0 spiro atoms. The molecule has 0 bridgehead atoms. The van der Waals surface area contributed by atoms with Crippen LogP contribution in [0.1, 0.15) is 26.7 Å². The van der Waals surface area contributed by atoms with E-state index in [0.29, 0.717) is 7.18 Å². The molecule has 0 unspecified atom stereocenters. The van der Waals surface area contributed by atoms with Crippen LogP contribution in [0.25, 0.3) is 0 Å². The number of hydrogen-bond acceptors (Lipinski definition) is 1. The highest BCUT2D eigenvalue weighted by Crippen LogP contribution is 2.09. The highest BCUT2D eigenvalue weighted by molar-refractivity contribution is 4.68. The van der Waals surface area contributed by atoms with Gasteiger partial charge in [-0.3, -0.25) is 4.39 Å². The molecule has 1 saturated heterocycles. The molecule has 1 rings (SSSR count). The van der Waals surface area contributed by atoms with Gasteiger partial charge in [-0.15, -0.1) is 0 Å². The minimum Gasteiger partial charge on any atom is -0.301 e. The lowest BCUT2D eigenvalue weighted by Gasteiger charge is -2.18. The molecule has 0 aromatic rings. The summed E-state index contributed by atoms with van der Waals surface area (Å²) in [6.45, 7) is 7.20. The maximum Gasteiger partial charge on any atom is 0.0785 e. The summed E-state index contributed by atoms with van der Waals surface area (Å²) in [6, 6.07) is 0.775. The van der Waals surface area contributed by atoms with Gasteiger partial charge in [-0.25, -0.2) is 0 Å². The van der Waals surface area contributed by atoms with E-state index in [0.717, 1.165) is 6.04 Å². The van der Waals surface area contributed by atoms with Crippen molar-refractivity contribution in [3.8, 4) is 0 Å². The molecule has 62 valence electrons. The van der Waals surface area contributed by atoms with Gasteiger partial charge in [0.25, 0.3) is 0 Å². The Morgan fingerprint density at radius 3 is 1.70 bits per heavy atom. The summed E-state index contributed by atoms with van der Waals surface area (Å²) >= 11 is 0. The van der Waals surface area contributed by atoms with Gasteiger partial charge in [0.1, 0.15) is 0 Å². The zero-order chi connectivity index (χ0) is 7.98. The van der Waals surface area contributed by atoms with Crippen molar-refractivity contribution in [2.75, 3.05) is 20.3 Å². The van der Waals surface area contributed by atoms with Crippen LogP contribution in [0.3, 0.4) is 0 Å². The van der Waals surface area contributed by atoms with Gasteiger partial charge < -0.3 is 4.90 Å². The number of halogens is 1. The number of hydrogen-bond donors (Lipinski definition) is 0. The third-order valence-corrected chi connectivity index (χ3v) is 1.87. The second-order valence-electron chi connectivity index (χ2n) is 2.84. The van der Waals surface area contributed by atoms with Crippen molar-refractivity contribution in [1.82, 2.24) is 4.90 Å². The number of rotatable bonds is 1. The Kier molecular flexibility index (Phi) is 5.60. The highest BCUT2D eigenvalue weighted by Gasteiger charge is 2.13. The Morgan fingerprint density at radius 1 is 1.10 bits per heavy atom. The van der Waals surface area contributed by atoms with Crippen LogP contribution in [0.4, 0.5) is 4.39 Å². The van der Waals surface area contributed by atoms with Gasteiger partial charge in [-0.1, -0.05) is 0 Å². The lowest BCUT2D eigenvalue weighted by atomic mass is 10.3. The predicted octanol–water partition coefficient (Wildman–Crippen LogP) is 2.08. The minimum absolute atomic E-state index is 0.500. The smallest absolute Gasteiger partial charge is 0.0785 e. The van der Waals surface area contributed by atoms with E-state index in [1.54, 1.807) is 0 Å². The summed E-state index contributed by atoms with van der Waals surface area (Å²) in [5.74, 6) is 0. The van der Waals surface area contributed by atoms with Crippen molar-refractivity contribution in [2.24, 2.45) is 0 Å².